The highest BCUT2D eigenvalue weighted by Crippen LogP contribution is 2.25. The number of fused-ring (bicyclic) bond motifs is 1. The quantitative estimate of drug-likeness (QED) is 0.454. The van der Waals surface area contributed by atoms with Gasteiger partial charge in [0.15, 0.2) is 0 Å². The van der Waals surface area contributed by atoms with E-state index in [2.05, 4.69) is 0 Å². The minimum atomic E-state index is -0.326. The summed E-state index contributed by atoms with van der Waals surface area (Å²) in [6.45, 7) is 2.02. The Morgan fingerprint density at radius 2 is 1.82 bits per heavy atom. The summed E-state index contributed by atoms with van der Waals surface area (Å²) in [6, 6.07) is 18.7. The molecule has 1 heterocycles. The van der Waals surface area contributed by atoms with Crippen molar-refractivity contribution in [2.75, 3.05) is 0 Å². The molecule has 0 radical (unpaired) electrons. The Hall–Kier alpha value is -3.60. The molecule has 3 aromatic carbocycles. The van der Waals surface area contributed by atoms with Crippen LogP contribution in [0.1, 0.15) is 11.1 Å². The summed E-state index contributed by atoms with van der Waals surface area (Å²) in [7, 11) is 0. The molecular formula is C23H17FO4. The lowest BCUT2D eigenvalue weighted by Gasteiger charge is -2.09. The fraction of sp³-hybridized carbons (Fsp3) is 0.0870. The van der Waals surface area contributed by atoms with Crippen molar-refractivity contribution in [2.24, 2.45) is 0 Å². The molecule has 5 heteroatoms. The molecule has 0 N–H and O–H groups in total. The molecule has 4 rings (SSSR count). The Kier molecular flexibility index (Phi) is 4.81. The van der Waals surface area contributed by atoms with E-state index in [1.807, 2.05) is 25.1 Å². The SMILES string of the molecule is Cc1cccc(Oc2coc3cc(OCc4ccccc4F)ccc3c2=O)c1. The highest BCUT2D eigenvalue weighted by Gasteiger charge is 2.11. The average Bonchev–Trinajstić information content (AvgIpc) is 2.69. The molecule has 0 atom stereocenters. The van der Waals surface area contributed by atoms with Gasteiger partial charge in [0, 0.05) is 11.6 Å². The Labute approximate surface area is 160 Å². The first-order valence-electron chi connectivity index (χ1n) is 8.76. The van der Waals surface area contributed by atoms with E-state index in [-0.39, 0.29) is 23.6 Å². The normalized spacial score (nSPS) is 10.8. The van der Waals surface area contributed by atoms with Gasteiger partial charge in [0.05, 0.1) is 5.39 Å². The van der Waals surface area contributed by atoms with Crippen molar-refractivity contribution in [1.29, 1.82) is 0 Å². The molecule has 0 spiro atoms. The molecule has 4 nitrogen and oxygen atoms in total. The lowest BCUT2D eigenvalue weighted by atomic mass is 10.2. The average molecular weight is 376 g/mol. The number of halogens is 1. The van der Waals surface area contributed by atoms with Crippen molar-refractivity contribution >= 4 is 11.0 Å². The molecule has 0 saturated carbocycles. The van der Waals surface area contributed by atoms with Gasteiger partial charge >= 0.3 is 0 Å². The largest absolute Gasteiger partial charge is 0.489 e. The van der Waals surface area contributed by atoms with Gasteiger partial charge in [-0.15, -0.1) is 0 Å². The van der Waals surface area contributed by atoms with Crippen LogP contribution in [0.4, 0.5) is 4.39 Å². The maximum Gasteiger partial charge on any atom is 0.235 e. The van der Waals surface area contributed by atoms with Gasteiger partial charge in [0.1, 0.15) is 35.8 Å². The van der Waals surface area contributed by atoms with Crippen LogP contribution in [0.2, 0.25) is 0 Å². The Morgan fingerprint density at radius 3 is 2.64 bits per heavy atom. The fourth-order valence-corrected chi connectivity index (χ4v) is 2.83. The highest BCUT2D eigenvalue weighted by molar-refractivity contribution is 5.79. The smallest absolute Gasteiger partial charge is 0.235 e. The first kappa shape index (κ1) is 17.8. The van der Waals surface area contributed by atoms with E-state index in [0.29, 0.717) is 28.0 Å². The van der Waals surface area contributed by atoms with Crippen LogP contribution in [0, 0.1) is 12.7 Å². The number of benzene rings is 3. The molecule has 0 bridgehead atoms. The van der Waals surface area contributed by atoms with E-state index in [0.717, 1.165) is 5.56 Å². The fourth-order valence-electron chi connectivity index (χ4n) is 2.83. The monoisotopic (exact) mass is 376 g/mol. The summed E-state index contributed by atoms with van der Waals surface area (Å²) in [4.78, 5) is 12.7. The van der Waals surface area contributed by atoms with Crippen LogP contribution < -0.4 is 14.9 Å². The van der Waals surface area contributed by atoms with Crippen LogP contribution in [-0.4, -0.2) is 0 Å². The Morgan fingerprint density at radius 1 is 0.964 bits per heavy atom. The Bertz CT molecular complexity index is 1200. The molecule has 0 fully saturated rings. The summed E-state index contributed by atoms with van der Waals surface area (Å²) >= 11 is 0. The lowest BCUT2D eigenvalue weighted by molar-refractivity contribution is 0.300. The zero-order valence-electron chi connectivity index (χ0n) is 15.1. The van der Waals surface area contributed by atoms with Gasteiger partial charge in [-0.25, -0.2) is 4.39 Å². The van der Waals surface area contributed by atoms with Crippen molar-refractivity contribution in [3.8, 4) is 17.2 Å². The zero-order chi connectivity index (χ0) is 19.5. The summed E-state index contributed by atoms with van der Waals surface area (Å²) in [5, 5.41) is 0.378. The van der Waals surface area contributed by atoms with Crippen LogP contribution in [0.3, 0.4) is 0 Å². The van der Waals surface area contributed by atoms with E-state index >= 15 is 0 Å². The number of aryl methyl sites for hydroxylation is 1. The molecule has 4 aromatic rings. The van der Waals surface area contributed by atoms with Gasteiger partial charge in [-0.2, -0.15) is 0 Å². The van der Waals surface area contributed by atoms with Crippen LogP contribution in [0.25, 0.3) is 11.0 Å². The third kappa shape index (κ3) is 3.74. The van der Waals surface area contributed by atoms with Gasteiger partial charge in [0.2, 0.25) is 11.2 Å². The second-order valence-corrected chi connectivity index (χ2v) is 6.39. The molecule has 0 saturated heterocycles. The second kappa shape index (κ2) is 7.56. The lowest BCUT2D eigenvalue weighted by Crippen LogP contribution is -2.05. The molecule has 0 unspecified atom stereocenters. The molecule has 140 valence electrons. The molecule has 0 aliphatic heterocycles. The molecule has 0 amide bonds. The maximum absolute atomic E-state index is 13.7. The summed E-state index contributed by atoms with van der Waals surface area (Å²) in [6.07, 6.45) is 1.29. The topological polar surface area (TPSA) is 48.7 Å². The van der Waals surface area contributed by atoms with Gasteiger partial charge in [0.25, 0.3) is 0 Å². The highest BCUT2D eigenvalue weighted by atomic mass is 19.1. The number of hydrogen-bond acceptors (Lipinski definition) is 4. The molecule has 0 aliphatic carbocycles. The third-order valence-electron chi connectivity index (χ3n) is 4.28. The predicted molar refractivity (Wildman–Crippen MR) is 104 cm³/mol. The van der Waals surface area contributed by atoms with Crippen LogP contribution in [0.5, 0.6) is 17.2 Å². The number of hydrogen-bond donors (Lipinski definition) is 0. The number of rotatable bonds is 5. The minimum Gasteiger partial charge on any atom is -0.489 e. The molecule has 0 aliphatic rings. The zero-order valence-corrected chi connectivity index (χ0v) is 15.1. The first-order chi connectivity index (χ1) is 13.6. The van der Waals surface area contributed by atoms with Crippen molar-refractivity contribution in [3.63, 3.8) is 0 Å². The molecular weight excluding hydrogens is 359 g/mol. The predicted octanol–water partition coefficient (Wildman–Crippen LogP) is 5.61. The van der Waals surface area contributed by atoms with Gasteiger partial charge in [-0.3, -0.25) is 4.79 Å². The van der Waals surface area contributed by atoms with Crippen LogP contribution in [0.15, 0.2) is 82.2 Å². The summed E-state index contributed by atoms with van der Waals surface area (Å²) in [5.41, 5.74) is 1.57. The minimum absolute atomic E-state index is 0.0803. The summed E-state index contributed by atoms with van der Waals surface area (Å²) in [5.74, 6) is 0.827. The summed E-state index contributed by atoms with van der Waals surface area (Å²) < 4.78 is 30.6. The van der Waals surface area contributed by atoms with E-state index in [4.69, 9.17) is 13.9 Å². The van der Waals surface area contributed by atoms with E-state index in [1.165, 1.54) is 12.3 Å². The van der Waals surface area contributed by atoms with E-state index in [1.54, 1.807) is 42.5 Å². The van der Waals surface area contributed by atoms with Crippen molar-refractivity contribution in [3.05, 3.63) is 100 Å². The van der Waals surface area contributed by atoms with Gasteiger partial charge in [-0.1, -0.05) is 30.3 Å². The van der Waals surface area contributed by atoms with Crippen LogP contribution in [-0.2, 0) is 6.61 Å². The van der Waals surface area contributed by atoms with Crippen molar-refractivity contribution in [2.45, 2.75) is 13.5 Å². The first-order valence-corrected chi connectivity index (χ1v) is 8.76. The molecule has 1 aromatic heterocycles. The number of ether oxygens (including phenoxy) is 2. The van der Waals surface area contributed by atoms with Crippen LogP contribution >= 0.6 is 0 Å². The standard InChI is InChI=1S/C23H17FO4/c1-15-5-4-7-18(11-15)28-22-14-27-21-12-17(9-10-19(21)23(22)25)26-13-16-6-2-3-8-20(16)24/h2-12,14H,13H2,1H3. The van der Waals surface area contributed by atoms with E-state index in [9.17, 15) is 9.18 Å². The van der Waals surface area contributed by atoms with Crippen molar-refractivity contribution < 1.29 is 18.3 Å². The van der Waals surface area contributed by atoms with E-state index < -0.39 is 0 Å². The maximum atomic E-state index is 13.7. The molecule has 28 heavy (non-hydrogen) atoms. The van der Waals surface area contributed by atoms with Gasteiger partial charge < -0.3 is 13.9 Å². The third-order valence-corrected chi connectivity index (χ3v) is 4.28. The Balaban J connectivity index is 1.57. The van der Waals surface area contributed by atoms with Crippen molar-refractivity contribution in [1.82, 2.24) is 0 Å². The second-order valence-electron chi connectivity index (χ2n) is 6.39. The van der Waals surface area contributed by atoms with Gasteiger partial charge in [-0.05, 0) is 42.8 Å².